The number of ether oxygens (including phenoxy) is 2. The van der Waals surface area contributed by atoms with Crippen LogP contribution in [-0.2, 0) is 9.59 Å². The van der Waals surface area contributed by atoms with E-state index in [2.05, 4.69) is 5.32 Å². The summed E-state index contributed by atoms with van der Waals surface area (Å²) in [7, 11) is 1.57. The summed E-state index contributed by atoms with van der Waals surface area (Å²) in [5, 5.41) is 12.5. The van der Waals surface area contributed by atoms with Gasteiger partial charge in [-0.15, -0.1) is 0 Å². The van der Waals surface area contributed by atoms with E-state index in [-0.39, 0.29) is 36.1 Å². The number of hydrogen-bond donors (Lipinski definition) is 3. The summed E-state index contributed by atoms with van der Waals surface area (Å²) >= 11 is 0. The van der Waals surface area contributed by atoms with Crippen LogP contribution in [-0.4, -0.2) is 41.2 Å². The van der Waals surface area contributed by atoms with E-state index in [4.69, 9.17) is 15.2 Å². The second-order valence-corrected chi connectivity index (χ2v) is 7.31. The predicted molar refractivity (Wildman–Crippen MR) is 116 cm³/mol. The third-order valence-electron chi connectivity index (χ3n) is 5.27. The number of rotatable bonds is 7. The van der Waals surface area contributed by atoms with Crippen LogP contribution in [0, 0.1) is 0 Å². The van der Waals surface area contributed by atoms with Crippen LogP contribution >= 0.6 is 0 Å². The van der Waals surface area contributed by atoms with Gasteiger partial charge in [0.05, 0.1) is 18.5 Å². The molecule has 1 aliphatic heterocycles. The maximum Gasteiger partial charge on any atom is 0.339 e. The minimum atomic E-state index is -1.13. The molecule has 1 aromatic heterocycles. The van der Waals surface area contributed by atoms with Crippen molar-refractivity contribution in [3.63, 3.8) is 0 Å². The topological polar surface area (TPSA) is 133 Å². The Morgan fingerprint density at radius 3 is 2.38 bits per heavy atom. The van der Waals surface area contributed by atoms with E-state index in [0.29, 0.717) is 17.2 Å². The lowest BCUT2D eigenvalue weighted by Crippen LogP contribution is -2.25. The minimum absolute atomic E-state index is 0.00952. The molecular weight excluding hydrogens is 414 g/mol. The van der Waals surface area contributed by atoms with E-state index >= 15 is 0 Å². The molecule has 0 saturated heterocycles. The molecule has 2 aromatic carbocycles. The van der Waals surface area contributed by atoms with Crippen molar-refractivity contribution < 1.29 is 29.0 Å². The fourth-order valence-corrected chi connectivity index (χ4v) is 3.81. The lowest BCUT2D eigenvalue weighted by molar-refractivity contribution is -0.120. The number of carbonyl (C=O) groups is 3. The van der Waals surface area contributed by atoms with Crippen LogP contribution in [0.1, 0.15) is 34.0 Å². The molecule has 1 atom stereocenters. The van der Waals surface area contributed by atoms with Gasteiger partial charge in [0.15, 0.2) is 6.61 Å². The highest BCUT2D eigenvalue weighted by molar-refractivity contribution is 6.04. The largest absolute Gasteiger partial charge is 0.497 e. The van der Waals surface area contributed by atoms with Crippen molar-refractivity contribution in [1.82, 2.24) is 4.57 Å². The highest BCUT2D eigenvalue weighted by atomic mass is 16.5. The van der Waals surface area contributed by atoms with Gasteiger partial charge in [-0.3, -0.25) is 9.59 Å². The van der Waals surface area contributed by atoms with Crippen LogP contribution in [0.5, 0.6) is 11.5 Å². The Balaban J connectivity index is 1.79. The normalized spacial score (nSPS) is 14.9. The number of carboxylic acids is 1. The first-order valence-corrected chi connectivity index (χ1v) is 9.81. The smallest absolute Gasteiger partial charge is 0.339 e. The number of methoxy groups -OCH3 is 1. The highest BCUT2D eigenvalue weighted by Crippen LogP contribution is 2.42. The third kappa shape index (κ3) is 4.00. The van der Waals surface area contributed by atoms with Gasteiger partial charge in [0.2, 0.25) is 5.91 Å². The van der Waals surface area contributed by atoms with E-state index < -0.39 is 11.9 Å². The summed E-state index contributed by atoms with van der Waals surface area (Å²) in [4.78, 5) is 35.3. The van der Waals surface area contributed by atoms with E-state index in [9.17, 15) is 19.5 Å². The van der Waals surface area contributed by atoms with Crippen molar-refractivity contribution in [2.75, 3.05) is 19.0 Å². The van der Waals surface area contributed by atoms with Gasteiger partial charge in [-0.25, -0.2) is 4.79 Å². The molecule has 0 bridgehead atoms. The predicted octanol–water partition coefficient (Wildman–Crippen LogP) is 2.52. The van der Waals surface area contributed by atoms with Gasteiger partial charge in [-0.2, -0.15) is 0 Å². The minimum Gasteiger partial charge on any atom is -0.497 e. The van der Waals surface area contributed by atoms with Gasteiger partial charge in [-0.05, 0) is 42.0 Å². The molecular formula is C23H21N3O6. The van der Waals surface area contributed by atoms with Crippen LogP contribution in [0.15, 0.2) is 54.7 Å². The Kier molecular flexibility index (Phi) is 5.55. The molecule has 1 aliphatic rings. The summed E-state index contributed by atoms with van der Waals surface area (Å²) in [6, 6.07) is 14.1. The van der Waals surface area contributed by atoms with Gasteiger partial charge in [-0.1, -0.05) is 12.1 Å². The number of aromatic carboxylic acids is 1. The molecule has 0 fully saturated rings. The maximum atomic E-state index is 12.5. The van der Waals surface area contributed by atoms with Crippen LogP contribution in [0.4, 0.5) is 5.69 Å². The second kappa shape index (κ2) is 8.46. The first-order chi connectivity index (χ1) is 15.4. The molecule has 0 unspecified atom stereocenters. The van der Waals surface area contributed by atoms with Crippen molar-refractivity contribution >= 4 is 23.5 Å². The van der Waals surface area contributed by atoms with Crippen LogP contribution in [0.2, 0.25) is 0 Å². The van der Waals surface area contributed by atoms with E-state index in [1.807, 2.05) is 12.1 Å². The second-order valence-electron chi connectivity index (χ2n) is 7.31. The molecule has 4 rings (SSSR count). The third-order valence-corrected chi connectivity index (χ3v) is 5.27. The van der Waals surface area contributed by atoms with Crippen molar-refractivity contribution in [3.05, 3.63) is 71.5 Å². The molecule has 0 saturated carbocycles. The summed E-state index contributed by atoms with van der Waals surface area (Å²) < 4.78 is 12.3. The number of anilines is 1. The fourth-order valence-electron chi connectivity index (χ4n) is 3.81. The van der Waals surface area contributed by atoms with Crippen molar-refractivity contribution in [1.29, 1.82) is 0 Å². The van der Waals surface area contributed by atoms with Gasteiger partial charge in [0, 0.05) is 24.2 Å². The Morgan fingerprint density at radius 1 is 1.12 bits per heavy atom. The van der Waals surface area contributed by atoms with Crippen molar-refractivity contribution in [2.24, 2.45) is 5.73 Å². The number of carbonyl (C=O) groups excluding carboxylic acids is 2. The SMILES string of the molecule is COc1ccc(-n2cc(C(=O)O)c3c2[C@H](c2ccc(OCC(N)=O)cc2)CC(=O)N3)cc1. The molecule has 0 radical (unpaired) electrons. The molecule has 9 nitrogen and oxygen atoms in total. The summed E-state index contributed by atoms with van der Waals surface area (Å²) in [6.07, 6.45) is 1.66. The average molecular weight is 435 g/mol. The van der Waals surface area contributed by atoms with E-state index in [0.717, 1.165) is 11.3 Å². The van der Waals surface area contributed by atoms with Gasteiger partial charge in [0.1, 0.15) is 17.1 Å². The number of fused-ring (bicyclic) bond motifs is 1. The molecule has 3 aromatic rings. The Hall–Kier alpha value is -4.27. The molecule has 32 heavy (non-hydrogen) atoms. The molecule has 4 N–H and O–H groups in total. The summed E-state index contributed by atoms with van der Waals surface area (Å²) in [5.41, 5.74) is 7.60. The molecule has 0 spiro atoms. The van der Waals surface area contributed by atoms with Gasteiger partial charge >= 0.3 is 5.97 Å². The first-order valence-electron chi connectivity index (χ1n) is 9.81. The van der Waals surface area contributed by atoms with Gasteiger partial charge < -0.3 is 30.2 Å². The molecule has 9 heteroatoms. The quantitative estimate of drug-likeness (QED) is 0.522. The standard InChI is InChI=1S/C23H21N3O6/c1-31-15-8-4-14(5-9-15)26-11-18(23(29)30)21-22(26)17(10-20(28)25-21)13-2-6-16(7-3-13)32-12-19(24)27/h2-9,11,17H,10,12H2,1H3,(H2,24,27)(H,25,28)(H,29,30)/t17-/m0/s1. The number of carboxylic acid groups (broad SMARTS) is 1. The number of nitrogens with two attached hydrogens (primary N) is 1. The molecule has 2 amide bonds. The van der Waals surface area contributed by atoms with Crippen LogP contribution < -0.4 is 20.5 Å². The maximum absolute atomic E-state index is 12.5. The monoisotopic (exact) mass is 435 g/mol. The number of hydrogen-bond acceptors (Lipinski definition) is 5. The number of primary amides is 1. The van der Waals surface area contributed by atoms with E-state index in [1.54, 1.807) is 48.1 Å². The number of nitrogens with one attached hydrogen (secondary N) is 1. The number of nitrogens with zero attached hydrogens (tertiary/aromatic N) is 1. The number of aromatic nitrogens is 1. The fraction of sp³-hybridized carbons (Fsp3) is 0.174. The zero-order chi connectivity index (χ0) is 22.8. The lowest BCUT2D eigenvalue weighted by Gasteiger charge is -2.26. The summed E-state index contributed by atoms with van der Waals surface area (Å²) in [5.74, 6) is -1.24. The molecule has 0 aliphatic carbocycles. The highest BCUT2D eigenvalue weighted by Gasteiger charge is 2.34. The van der Waals surface area contributed by atoms with E-state index in [1.165, 1.54) is 6.20 Å². The molecule has 2 heterocycles. The van der Waals surface area contributed by atoms with Crippen molar-refractivity contribution in [3.8, 4) is 17.2 Å². The van der Waals surface area contributed by atoms with Crippen molar-refractivity contribution in [2.45, 2.75) is 12.3 Å². The Morgan fingerprint density at radius 2 is 1.78 bits per heavy atom. The first kappa shape index (κ1) is 21.0. The Bertz CT molecular complexity index is 1180. The number of amides is 2. The Labute approximate surface area is 183 Å². The lowest BCUT2D eigenvalue weighted by atomic mass is 9.88. The zero-order valence-corrected chi connectivity index (χ0v) is 17.2. The summed E-state index contributed by atoms with van der Waals surface area (Å²) in [6.45, 7) is -0.238. The van der Waals surface area contributed by atoms with Crippen LogP contribution in [0.25, 0.3) is 5.69 Å². The van der Waals surface area contributed by atoms with Gasteiger partial charge in [0.25, 0.3) is 5.91 Å². The number of benzene rings is 2. The average Bonchev–Trinajstić information content (AvgIpc) is 3.17. The van der Waals surface area contributed by atoms with Crippen LogP contribution in [0.3, 0.4) is 0 Å². The molecule has 164 valence electrons. The zero-order valence-electron chi connectivity index (χ0n) is 17.2.